The van der Waals surface area contributed by atoms with Gasteiger partial charge in [-0.2, -0.15) is 0 Å². The molecule has 1 aromatic carbocycles. The van der Waals surface area contributed by atoms with E-state index >= 15 is 0 Å². The van der Waals surface area contributed by atoms with Crippen LogP contribution >= 0.6 is 24.8 Å². The van der Waals surface area contributed by atoms with Crippen molar-refractivity contribution in [3.8, 4) is 0 Å². The topological polar surface area (TPSA) is 71.5 Å². The van der Waals surface area contributed by atoms with E-state index in [0.29, 0.717) is 24.1 Å². The van der Waals surface area contributed by atoms with Crippen LogP contribution in [0.25, 0.3) is 11.0 Å². The Balaban J connectivity index is 0.00000140. The van der Waals surface area contributed by atoms with E-state index in [-0.39, 0.29) is 42.8 Å². The van der Waals surface area contributed by atoms with Gasteiger partial charge >= 0.3 is 0 Å². The number of nitrogens with one attached hydrogen (secondary N) is 1. The third kappa shape index (κ3) is 4.48. The van der Waals surface area contributed by atoms with Gasteiger partial charge in [-0.15, -0.1) is 24.8 Å². The average molecular weight is 428 g/mol. The maximum atomic E-state index is 13.1. The van der Waals surface area contributed by atoms with E-state index in [2.05, 4.69) is 10.2 Å². The van der Waals surface area contributed by atoms with Crippen LogP contribution in [-0.2, 0) is 6.54 Å². The number of para-hydroxylation sites is 1. The zero-order valence-corrected chi connectivity index (χ0v) is 18.2. The van der Waals surface area contributed by atoms with E-state index in [1.165, 1.54) is 19.3 Å². The van der Waals surface area contributed by atoms with Crippen LogP contribution < -0.4 is 11.1 Å². The predicted octanol–water partition coefficient (Wildman–Crippen LogP) is 3.97. The van der Waals surface area contributed by atoms with Gasteiger partial charge in [0.1, 0.15) is 5.58 Å². The fourth-order valence-corrected chi connectivity index (χ4v) is 5.00. The van der Waals surface area contributed by atoms with Gasteiger partial charge in [0, 0.05) is 29.6 Å². The second-order valence-corrected chi connectivity index (χ2v) is 8.33. The first kappa shape index (κ1) is 23.0. The van der Waals surface area contributed by atoms with Crippen molar-refractivity contribution in [3.05, 3.63) is 35.6 Å². The Kier molecular flexibility index (Phi) is 7.80. The molecular weight excluding hydrogens is 397 g/mol. The zero-order valence-electron chi connectivity index (χ0n) is 16.5. The van der Waals surface area contributed by atoms with Gasteiger partial charge in [-0.25, -0.2) is 0 Å². The molecule has 0 saturated heterocycles. The maximum Gasteiger partial charge on any atom is 0.287 e. The van der Waals surface area contributed by atoms with Gasteiger partial charge < -0.3 is 20.4 Å². The first-order valence-electron chi connectivity index (χ1n) is 9.74. The average Bonchev–Trinajstić information content (AvgIpc) is 2.94. The normalized spacial score (nSPS) is 26.4. The summed E-state index contributed by atoms with van der Waals surface area (Å²) >= 11 is 0. The van der Waals surface area contributed by atoms with Crippen molar-refractivity contribution in [3.63, 3.8) is 0 Å². The Morgan fingerprint density at radius 2 is 1.82 bits per heavy atom. The van der Waals surface area contributed by atoms with Crippen molar-refractivity contribution >= 4 is 41.7 Å². The Morgan fingerprint density at radius 1 is 1.18 bits per heavy atom. The number of amides is 1. The second-order valence-electron chi connectivity index (χ2n) is 8.33. The summed E-state index contributed by atoms with van der Waals surface area (Å²) in [5.74, 6) is 1.40. The highest BCUT2D eigenvalue weighted by atomic mass is 35.5. The summed E-state index contributed by atoms with van der Waals surface area (Å²) in [6, 6.07) is 8.42. The Hall–Kier alpha value is -1.27. The highest BCUT2D eigenvalue weighted by Gasteiger charge is 2.40. The summed E-state index contributed by atoms with van der Waals surface area (Å²) in [4.78, 5) is 15.2. The SMILES string of the molecule is CN(C)Cc1c(C(=O)NC2C3CCCC2CC(N)C3)oc2ccccc12.Cl.Cl. The Bertz CT molecular complexity index is 794. The van der Waals surface area contributed by atoms with Crippen LogP contribution in [0.2, 0.25) is 0 Å². The van der Waals surface area contributed by atoms with Gasteiger partial charge in [0.2, 0.25) is 0 Å². The fraction of sp³-hybridized carbons (Fsp3) is 0.571. The standard InChI is InChI=1S/C21H29N3O2.2ClH/c1-24(2)12-17-16-8-3-4-9-18(16)26-20(17)21(25)23-19-13-6-5-7-14(19)11-15(22)10-13;;/h3-4,8-9,13-15,19H,5-7,10-12,22H2,1-2H3,(H,23,25);2*1H. The van der Waals surface area contributed by atoms with E-state index in [1.807, 2.05) is 38.4 Å². The Morgan fingerprint density at radius 3 is 2.46 bits per heavy atom. The van der Waals surface area contributed by atoms with E-state index < -0.39 is 0 Å². The highest BCUT2D eigenvalue weighted by molar-refractivity contribution is 5.99. The van der Waals surface area contributed by atoms with Crippen LogP contribution in [0.5, 0.6) is 0 Å². The van der Waals surface area contributed by atoms with E-state index in [1.54, 1.807) is 0 Å². The number of halogens is 2. The highest BCUT2D eigenvalue weighted by Crippen LogP contribution is 2.40. The van der Waals surface area contributed by atoms with Crippen LogP contribution in [-0.4, -0.2) is 37.0 Å². The number of carbonyl (C=O) groups excluding carboxylic acids is 1. The molecule has 2 saturated carbocycles. The number of furan rings is 1. The molecule has 5 nitrogen and oxygen atoms in total. The molecule has 2 aliphatic carbocycles. The molecule has 2 bridgehead atoms. The molecule has 2 atom stereocenters. The van der Waals surface area contributed by atoms with Gasteiger partial charge in [0.05, 0.1) is 0 Å². The number of hydrogen-bond donors (Lipinski definition) is 2. The predicted molar refractivity (Wildman–Crippen MR) is 117 cm³/mol. The summed E-state index contributed by atoms with van der Waals surface area (Å²) in [6.07, 6.45) is 5.63. The zero-order chi connectivity index (χ0) is 18.3. The monoisotopic (exact) mass is 427 g/mol. The van der Waals surface area contributed by atoms with E-state index in [9.17, 15) is 4.79 Å². The maximum absolute atomic E-state index is 13.1. The van der Waals surface area contributed by atoms with Crippen LogP contribution in [0.1, 0.15) is 48.2 Å². The number of benzene rings is 1. The van der Waals surface area contributed by atoms with E-state index in [4.69, 9.17) is 10.2 Å². The summed E-state index contributed by atoms with van der Waals surface area (Å²) in [7, 11) is 4.02. The van der Waals surface area contributed by atoms with Gasteiger partial charge in [-0.3, -0.25) is 4.79 Å². The summed E-state index contributed by atoms with van der Waals surface area (Å²) in [5, 5.41) is 4.35. The molecule has 1 amide bonds. The molecule has 7 heteroatoms. The van der Waals surface area contributed by atoms with Crippen molar-refractivity contribution in [2.75, 3.05) is 14.1 Å². The first-order chi connectivity index (χ1) is 12.5. The molecule has 4 rings (SSSR count). The van der Waals surface area contributed by atoms with Crippen molar-refractivity contribution in [1.29, 1.82) is 0 Å². The number of rotatable bonds is 4. The van der Waals surface area contributed by atoms with Crippen molar-refractivity contribution in [2.45, 2.75) is 50.7 Å². The Labute approximate surface area is 179 Å². The lowest BCUT2D eigenvalue weighted by Gasteiger charge is -2.45. The van der Waals surface area contributed by atoms with Crippen LogP contribution in [0.3, 0.4) is 0 Å². The summed E-state index contributed by atoms with van der Waals surface area (Å²) in [6.45, 7) is 0.683. The third-order valence-electron chi connectivity index (χ3n) is 6.05. The lowest BCUT2D eigenvalue weighted by atomic mass is 9.67. The second kappa shape index (κ2) is 9.49. The van der Waals surface area contributed by atoms with Gasteiger partial charge in [0.15, 0.2) is 5.76 Å². The van der Waals surface area contributed by atoms with Gasteiger partial charge in [-0.05, 0) is 57.7 Å². The van der Waals surface area contributed by atoms with Crippen molar-refractivity contribution in [2.24, 2.45) is 17.6 Å². The largest absolute Gasteiger partial charge is 0.451 e. The molecule has 0 radical (unpaired) electrons. The molecular formula is C21H31Cl2N3O2. The minimum atomic E-state index is -0.0737. The fourth-order valence-electron chi connectivity index (χ4n) is 5.00. The molecule has 2 aromatic rings. The van der Waals surface area contributed by atoms with E-state index in [0.717, 1.165) is 29.4 Å². The molecule has 1 aromatic heterocycles. The molecule has 2 aliphatic rings. The number of hydrogen-bond acceptors (Lipinski definition) is 4. The lowest BCUT2D eigenvalue weighted by molar-refractivity contribution is 0.0732. The molecule has 0 spiro atoms. The molecule has 0 aliphatic heterocycles. The van der Waals surface area contributed by atoms with Gasteiger partial charge in [-0.1, -0.05) is 24.6 Å². The lowest BCUT2D eigenvalue weighted by Crippen LogP contribution is -2.53. The molecule has 28 heavy (non-hydrogen) atoms. The van der Waals surface area contributed by atoms with Crippen LogP contribution in [0, 0.1) is 11.8 Å². The minimum Gasteiger partial charge on any atom is -0.451 e. The van der Waals surface area contributed by atoms with Gasteiger partial charge in [0.25, 0.3) is 5.91 Å². The number of nitrogens with zero attached hydrogens (tertiary/aromatic N) is 1. The minimum absolute atomic E-state index is 0. The van der Waals surface area contributed by atoms with Crippen molar-refractivity contribution in [1.82, 2.24) is 10.2 Å². The molecule has 2 fully saturated rings. The third-order valence-corrected chi connectivity index (χ3v) is 6.05. The molecule has 1 heterocycles. The number of carbonyl (C=O) groups is 1. The number of fused-ring (bicyclic) bond motifs is 3. The number of nitrogens with two attached hydrogens (primary N) is 1. The smallest absolute Gasteiger partial charge is 0.287 e. The summed E-state index contributed by atoms with van der Waals surface area (Å²) < 4.78 is 5.98. The molecule has 3 N–H and O–H groups in total. The molecule has 156 valence electrons. The van der Waals surface area contributed by atoms with Crippen LogP contribution in [0.15, 0.2) is 28.7 Å². The van der Waals surface area contributed by atoms with Crippen molar-refractivity contribution < 1.29 is 9.21 Å². The van der Waals surface area contributed by atoms with Crippen LogP contribution in [0.4, 0.5) is 0 Å². The quantitative estimate of drug-likeness (QED) is 0.773. The summed E-state index contributed by atoms with van der Waals surface area (Å²) in [5.41, 5.74) is 7.97. The first-order valence-corrected chi connectivity index (χ1v) is 9.74. The molecule has 2 unspecified atom stereocenters.